The Hall–Kier alpha value is -2.97. The number of benzene rings is 2. The topological polar surface area (TPSA) is 78.5 Å². The number of rotatable bonds is 7. The largest absolute Gasteiger partial charge is 0.472 e. The maximum Gasteiger partial charge on any atom is 0.325 e. The minimum absolute atomic E-state index is 0.110. The fourth-order valence-corrected chi connectivity index (χ4v) is 5.40. The van der Waals surface area contributed by atoms with Gasteiger partial charge in [-0.3, -0.25) is 4.79 Å². The minimum Gasteiger partial charge on any atom is -0.472 e. The molecule has 4 aromatic rings. The van der Waals surface area contributed by atoms with Crippen LogP contribution in [0, 0.1) is 6.92 Å². The summed E-state index contributed by atoms with van der Waals surface area (Å²) in [5, 5.41) is 1.01. The van der Waals surface area contributed by atoms with Gasteiger partial charge in [0, 0.05) is 32.7 Å². The third kappa shape index (κ3) is 4.33. The molecule has 0 aliphatic rings. The van der Waals surface area contributed by atoms with Crippen molar-refractivity contribution in [2.75, 3.05) is 12.9 Å². The lowest BCUT2D eigenvalue weighted by Gasteiger charge is -2.08. The van der Waals surface area contributed by atoms with Crippen LogP contribution in [0.1, 0.15) is 12.6 Å². The van der Waals surface area contributed by atoms with Crippen molar-refractivity contribution < 1.29 is 22.4 Å². The van der Waals surface area contributed by atoms with Crippen molar-refractivity contribution in [3.63, 3.8) is 0 Å². The number of carbonyl (C=O) groups excluding carboxylic acids is 1. The highest BCUT2D eigenvalue weighted by Gasteiger charge is 2.21. The van der Waals surface area contributed by atoms with E-state index in [-0.39, 0.29) is 17.4 Å². The number of hydrogen-bond donors (Lipinski definition) is 0. The zero-order valence-corrected chi connectivity index (χ0v) is 19.6. The third-order valence-electron chi connectivity index (χ3n) is 5.19. The van der Waals surface area contributed by atoms with Gasteiger partial charge >= 0.3 is 5.97 Å². The van der Waals surface area contributed by atoms with Crippen LogP contribution in [0.4, 0.5) is 0 Å². The second-order valence-electron chi connectivity index (χ2n) is 7.36. The van der Waals surface area contributed by atoms with Crippen LogP contribution in [0.5, 0.6) is 0 Å². The first kappa shape index (κ1) is 22.2. The summed E-state index contributed by atoms with van der Waals surface area (Å²) in [6, 6.07) is 14.7. The highest BCUT2D eigenvalue weighted by atomic mass is 32.2. The number of furan rings is 1. The Bertz CT molecular complexity index is 1370. The maximum atomic E-state index is 12.3. The normalized spacial score (nSPS) is 11.7. The highest BCUT2D eigenvalue weighted by Crippen LogP contribution is 2.43. The molecule has 0 fully saturated rings. The van der Waals surface area contributed by atoms with Crippen LogP contribution in [0.2, 0.25) is 0 Å². The Labute approximate surface area is 191 Å². The van der Waals surface area contributed by atoms with Gasteiger partial charge in [0.1, 0.15) is 6.54 Å². The number of nitrogens with zero attached hydrogens (tertiary/aromatic N) is 1. The molecule has 0 unspecified atom stereocenters. The summed E-state index contributed by atoms with van der Waals surface area (Å²) in [7, 11) is -3.26. The van der Waals surface area contributed by atoms with Crippen molar-refractivity contribution in [2.45, 2.75) is 35.1 Å². The van der Waals surface area contributed by atoms with Crippen LogP contribution in [-0.2, 0) is 25.9 Å². The van der Waals surface area contributed by atoms with Crippen LogP contribution < -0.4 is 0 Å². The molecule has 4 rings (SSSR count). The number of carbonyl (C=O) groups is 1. The molecule has 0 amide bonds. The standard InChI is InChI=1S/C24H23NO5S2/c1-4-30-22(26)14-25-16(2)24(31-18-8-10-19(11-9-18)32(3,27)28)23-20(6-5-7-21(23)25)17-12-13-29-15-17/h5-13,15H,4,14H2,1-3H3. The van der Waals surface area contributed by atoms with Gasteiger partial charge < -0.3 is 13.7 Å². The van der Waals surface area contributed by atoms with E-state index in [9.17, 15) is 13.2 Å². The first-order chi connectivity index (χ1) is 15.3. The Morgan fingerprint density at radius 1 is 1.12 bits per heavy atom. The Kier molecular flexibility index (Phi) is 6.17. The summed E-state index contributed by atoms with van der Waals surface area (Å²) >= 11 is 1.54. The Morgan fingerprint density at radius 2 is 1.88 bits per heavy atom. The van der Waals surface area contributed by atoms with E-state index in [1.165, 1.54) is 18.0 Å². The average molecular weight is 470 g/mol. The molecule has 0 aliphatic heterocycles. The molecule has 8 heteroatoms. The van der Waals surface area contributed by atoms with Crippen LogP contribution in [0.25, 0.3) is 22.0 Å². The minimum atomic E-state index is -3.26. The van der Waals surface area contributed by atoms with Crippen LogP contribution in [0.15, 0.2) is 80.2 Å². The monoisotopic (exact) mass is 469 g/mol. The van der Waals surface area contributed by atoms with Crippen molar-refractivity contribution in [2.24, 2.45) is 0 Å². The smallest absolute Gasteiger partial charge is 0.325 e. The summed E-state index contributed by atoms with van der Waals surface area (Å²) in [6.07, 6.45) is 4.52. The van der Waals surface area contributed by atoms with Crippen molar-refractivity contribution in [1.29, 1.82) is 0 Å². The fraction of sp³-hybridized carbons (Fsp3) is 0.208. The van der Waals surface area contributed by atoms with Crippen LogP contribution >= 0.6 is 11.8 Å². The molecule has 2 heterocycles. The summed E-state index contributed by atoms with van der Waals surface area (Å²) in [5.41, 5.74) is 3.79. The zero-order valence-electron chi connectivity index (χ0n) is 18.0. The van der Waals surface area contributed by atoms with E-state index in [0.29, 0.717) is 6.61 Å². The van der Waals surface area contributed by atoms with Gasteiger partial charge in [0.25, 0.3) is 0 Å². The zero-order chi connectivity index (χ0) is 22.9. The van der Waals surface area contributed by atoms with Crippen LogP contribution in [-0.4, -0.2) is 31.8 Å². The number of fused-ring (bicyclic) bond motifs is 1. The Balaban J connectivity index is 1.86. The number of aromatic nitrogens is 1. The van der Waals surface area contributed by atoms with E-state index in [1.54, 1.807) is 43.7 Å². The highest BCUT2D eigenvalue weighted by molar-refractivity contribution is 7.99. The summed E-state index contributed by atoms with van der Waals surface area (Å²) in [5.74, 6) is -0.296. The number of ether oxygens (including phenoxy) is 1. The number of hydrogen-bond acceptors (Lipinski definition) is 6. The van der Waals surface area contributed by atoms with E-state index in [1.807, 2.05) is 35.8 Å². The average Bonchev–Trinajstić information content (AvgIpc) is 3.37. The molecule has 6 nitrogen and oxygen atoms in total. The lowest BCUT2D eigenvalue weighted by molar-refractivity contribution is -0.143. The number of esters is 1. The van der Waals surface area contributed by atoms with Gasteiger partial charge in [-0.15, -0.1) is 0 Å². The van der Waals surface area contributed by atoms with E-state index < -0.39 is 9.84 Å². The van der Waals surface area contributed by atoms with E-state index in [2.05, 4.69) is 0 Å². The molecule has 0 saturated heterocycles. The van der Waals surface area contributed by atoms with Gasteiger partial charge in [-0.1, -0.05) is 23.9 Å². The van der Waals surface area contributed by atoms with Gasteiger partial charge in [0.05, 0.1) is 29.5 Å². The SMILES string of the molecule is CCOC(=O)Cn1c(C)c(Sc2ccc(S(C)(=O)=O)cc2)c2c(-c3ccoc3)cccc21. The maximum absolute atomic E-state index is 12.3. The van der Waals surface area contributed by atoms with Crippen molar-refractivity contribution >= 4 is 38.5 Å². The van der Waals surface area contributed by atoms with Gasteiger partial charge in [0.2, 0.25) is 0 Å². The molecular weight excluding hydrogens is 446 g/mol. The molecule has 0 atom stereocenters. The van der Waals surface area contributed by atoms with Crippen molar-refractivity contribution in [3.05, 3.63) is 66.8 Å². The second-order valence-corrected chi connectivity index (χ2v) is 10.5. The van der Waals surface area contributed by atoms with Crippen molar-refractivity contribution in [3.8, 4) is 11.1 Å². The van der Waals surface area contributed by atoms with Crippen LogP contribution in [0.3, 0.4) is 0 Å². The Morgan fingerprint density at radius 3 is 2.50 bits per heavy atom. The summed E-state index contributed by atoms with van der Waals surface area (Å²) < 4.78 is 36.1. The molecule has 0 aliphatic carbocycles. The number of sulfone groups is 1. The second kappa shape index (κ2) is 8.88. The molecule has 0 N–H and O–H groups in total. The first-order valence-corrected chi connectivity index (χ1v) is 12.8. The van der Waals surface area contributed by atoms with E-state index in [0.717, 1.165) is 37.5 Å². The first-order valence-electron chi connectivity index (χ1n) is 10.1. The third-order valence-corrected chi connectivity index (χ3v) is 7.53. The fourth-order valence-electron chi connectivity index (χ4n) is 3.68. The van der Waals surface area contributed by atoms with E-state index >= 15 is 0 Å². The predicted octanol–water partition coefficient (Wildman–Crippen LogP) is 5.33. The van der Waals surface area contributed by atoms with Gasteiger partial charge in [-0.05, 0) is 55.8 Å². The van der Waals surface area contributed by atoms with Gasteiger partial charge in [-0.2, -0.15) is 0 Å². The molecule has 166 valence electrons. The lowest BCUT2D eigenvalue weighted by Crippen LogP contribution is -2.14. The lowest BCUT2D eigenvalue weighted by atomic mass is 10.0. The predicted molar refractivity (Wildman–Crippen MR) is 125 cm³/mol. The molecule has 2 aromatic heterocycles. The van der Waals surface area contributed by atoms with Gasteiger partial charge in [0.15, 0.2) is 9.84 Å². The molecular formula is C24H23NO5S2. The molecule has 32 heavy (non-hydrogen) atoms. The molecule has 0 saturated carbocycles. The quantitative estimate of drug-likeness (QED) is 0.341. The summed E-state index contributed by atoms with van der Waals surface area (Å²) in [4.78, 5) is 14.5. The molecule has 0 radical (unpaired) electrons. The molecule has 0 bridgehead atoms. The summed E-state index contributed by atoms with van der Waals surface area (Å²) in [6.45, 7) is 4.20. The van der Waals surface area contributed by atoms with Gasteiger partial charge in [-0.25, -0.2) is 8.42 Å². The molecule has 2 aromatic carbocycles. The van der Waals surface area contributed by atoms with E-state index in [4.69, 9.17) is 9.15 Å². The van der Waals surface area contributed by atoms with Crippen molar-refractivity contribution in [1.82, 2.24) is 4.57 Å². The molecule has 0 spiro atoms.